The fraction of sp³-hybridized carbons (Fsp3) is 0. The van der Waals surface area contributed by atoms with E-state index in [0.29, 0.717) is 11.6 Å². The van der Waals surface area contributed by atoms with Gasteiger partial charge in [0.1, 0.15) is 0 Å². The van der Waals surface area contributed by atoms with Crippen molar-refractivity contribution in [2.24, 2.45) is 0 Å². The van der Waals surface area contributed by atoms with E-state index in [4.69, 9.17) is 4.42 Å². The summed E-state index contributed by atoms with van der Waals surface area (Å²) in [4.78, 5) is 16.5. The highest BCUT2D eigenvalue weighted by Crippen LogP contribution is 2.19. The summed E-state index contributed by atoms with van der Waals surface area (Å²) in [7, 11) is 0. The number of rotatable bonds is 4. The van der Waals surface area contributed by atoms with Gasteiger partial charge >= 0.3 is 0 Å². The molecule has 4 aromatic rings. The highest BCUT2D eigenvalue weighted by atomic mass is 16.4. The molecular formula is C20H14N4O2. The number of benzene rings is 2. The Bertz CT molecular complexity index is 1070. The molecule has 26 heavy (non-hydrogen) atoms. The topological polar surface area (TPSA) is 80.9 Å². The number of anilines is 1. The molecule has 0 saturated heterocycles. The number of para-hydroxylation sites is 1. The normalized spacial score (nSPS) is 11.1. The first-order chi connectivity index (χ1) is 12.8. The van der Waals surface area contributed by atoms with Crippen LogP contribution in [0.1, 0.15) is 5.56 Å². The van der Waals surface area contributed by atoms with E-state index in [1.807, 2.05) is 42.5 Å². The molecule has 0 aliphatic rings. The molecule has 6 heteroatoms. The summed E-state index contributed by atoms with van der Waals surface area (Å²) in [5.74, 6) is 0.226. The minimum atomic E-state index is -0.212. The molecule has 2 aromatic carbocycles. The smallest absolute Gasteiger partial charge is 0.248 e. The lowest BCUT2D eigenvalue weighted by Gasteiger charge is -2.03. The molecule has 0 radical (unpaired) electrons. The fourth-order valence-electron chi connectivity index (χ4n) is 2.61. The van der Waals surface area contributed by atoms with Crippen molar-refractivity contribution in [3.8, 4) is 11.5 Å². The van der Waals surface area contributed by atoms with Crippen LogP contribution in [0.25, 0.3) is 28.4 Å². The molecule has 2 heterocycles. The van der Waals surface area contributed by atoms with E-state index in [2.05, 4.69) is 20.5 Å². The third-order valence-electron chi connectivity index (χ3n) is 3.86. The van der Waals surface area contributed by atoms with Crippen molar-refractivity contribution in [2.75, 3.05) is 5.32 Å². The average molecular weight is 342 g/mol. The SMILES string of the molecule is O=C(C=Cc1ccnc2ccccc12)Nc1ccc(-c2nnco2)cc1. The van der Waals surface area contributed by atoms with E-state index in [0.717, 1.165) is 22.0 Å². The highest BCUT2D eigenvalue weighted by Gasteiger charge is 2.04. The molecule has 0 aliphatic carbocycles. The highest BCUT2D eigenvalue weighted by molar-refractivity contribution is 6.03. The zero-order valence-corrected chi connectivity index (χ0v) is 13.7. The maximum Gasteiger partial charge on any atom is 0.248 e. The first kappa shape index (κ1) is 15.7. The second kappa shape index (κ2) is 6.98. The molecule has 4 rings (SSSR count). The fourth-order valence-corrected chi connectivity index (χ4v) is 2.61. The van der Waals surface area contributed by atoms with Gasteiger partial charge in [0.15, 0.2) is 0 Å². The number of nitrogens with zero attached hydrogens (tertiary/aromatic N) is 3. The molecule has 0 aliphatic heterocycles. The second-order valence-corrected chi connectivity index (χ2v) is 5.56. The van der Waals surface area contributed by atoms with Crippen LogP contribution >= 0.6 is 0 Å². The first-order valence-electron chi connectivity index (χ1n) is 7.99. The lowest BCUT2D eigenvalue weighted by Crippen LogP contribution is -2.07. The van der Waals surface area contributed by atoms with Crippen molar-refractivity contribution in [3.05, 3.63) is 78.8 Å². The largest absolute Gasteiger partial charge is 0.423 e. The van der Waals surface area contributed by atoms with Crippen LogP contribution in [-0.4, -0.2) is 21.1 Å². The van der Waals surface area contributed by atoms with Gasteiger partial charge in [-0.3, -0.25) is 9.78 Å². The van der Waals surface area contributed by atoms with Crippen LogP contribution in [0, 0.1) is 0 Å². The summed E-state index contributed by atoms with van der Waals surface area (Å²) in [6, 6.07) is 16.9. The number of nitrogens with one attached hydrogen (secondary N) is 1. The maximum atomic E-state index is 12.2. The predicted molar refractivity (Wildman–Crippen MR) is 99.1 cm³/mol. The lowest BCUT2D eigenvalue weighted by molar-refractivity contribution is -0.111. The minimum Gasteiger partial charge on any atom is -0.423 e. The number of carbonyl (C=O) groups is 1. The number of fused-ring (bicyclic) bond motifs is 1. The molecule has 0 unspecified atom stereocenters. The van der Waals surface area contributed by atoms with E-state index in [-0.39, 0.29) is 5.91 Å². The van der Waals surface area contributed by atoms with Gasteiger partial charge in [-0.25, -0.2) is 0 Å². The predicted octanol–water partition coefficient (Wildman–Crippen LogP) is 3.94. The van der Waals surface area contributed by atoms with Crippen LogP contribution in [0.15, 0.2) is 77.7 Å². The number of hydrogen-bond donors (Lipinski definition) is 1. The molecule has 0 spiro atoms. The number of aromatic nitrogens is 3. The summed E-state index contributed by atoms with van der Waals surface area (Å²) < 4.78 is 5.14. The standard InChI is InChI=1S/C20H14N4O2/c25-19(10-7-14-11-12-21-18-4-2-1-3-17(14)18)23-16-8-5-15(6-9-16)20-24-22-13-26-20/h1-13H,(H,23,25). The van der Waals surface area contributed by atoms with Crippen LogP contribution in [0.5, 0.6) is 0 Å². The third kappa shape index (κ3) is 3.34. The quantitative estimate of drug-likeness (QED) is 0.568. The zero-order chi connectivity index (χ0) is 17.8. The Balaban J connectivity index is 1.47. The molecule has 1 amide bonds. The summed E-state index contributed by atoms with van der Waals surface area (Å²) in [5, 5.41) is 11.3. The Morgan fingerprint density at radius 1 is 1.04 bits per heavy atom. The van der Waals surface area contributed by atoms with Gasteiger partial charge in [0, 0.05) is 28.9 Å². The summed E-state index contributed by atoms with van der Waals surface area (Å²) in [5.41, 5.74) is 3.31. The number of pyridine rings is 1. The Morgan fingerprint density at radius 2 is 1.88 bits per heavy atom. The van der Waals surface area contributed by atoms with Gasteiger partial charge in [-0.15, -0.1) is 10.2 Å². The molecule has 2 aromatic heterocycles. The Labute approximate surface area is 149 Å². The lowest BCUT2D eigenvalue weighted by atomic mass is 10.1. The average Bonchev–Trinajstić information content (AvgIpc) is 3.22. The summed E-state index contributed by atoms with van der Waals surface area (Å²) in [6.07, 6.45) is 6.30. The number of hydrogen-bond acceptors (Lipinski definition) is 5. The Kier molecular flexibility index (Phi) is 4.22. The Hall–Kier alpha value is -3.80. The monoisotopic (exact) mass is 342 g/mol. The van der Waals surface area contributed by atoms with Crippen LogP contribution in [-0.2, 0) is 4.79 Å². The minimum absolute atomic E-state index is 0.212. The molecule has 1 N–H and O–H groups in total. The van der Waals surface area contributed by atoms with Crippen molar-refractivity contribution >= 4 is 28.6 Å². The van der Waals surface area contributed by atoms with Crippen LogP contribution in [0.4, 0.5) is 5.69 Å². The van der Waals surface area contributed by atoms with Gasteiger partial charge in [-0.05, 0) is 48.0 Å². The molecule has 6 nitrogen and oxygen atoms in total. The van der Waals surface area contributed by atoms with Crippen molar-refractivity contribution in [1.29, 1.82) is 0 Å². The summed E-state index contributed by atoms with van der Waals surface area (Å²) in [6.45, 7) is 0. The number of amides is 1. The van der Waals surface area contributed by atoms with Gasteiger partial charge < -0.3 is 9.73 Å². The second-order valence-electron chi connectivity index (χ2n) is 5.56. The van der Waals surface area contributed by atoms with E-state index in [1.165, 1.54) is 12.5 Å². The van der Waals surface area contributed by atoms with E-state index < -0.39 is 0 Å². The number of carbonyl (C=O) groups excluding carboxylic acids is 1. The van der Waals surface area contributed by atoms with Crippen LogP contribution in [0.3, 0.4) is 0 Å². The van der Waals surface area contributed by atoms with Gasteiger partial charge in [-0.1, -0.05) is 18.2 Å². The van der Waals surface area contributed by atoms with Crippen LogP contribution < -0.4 is 5.32 Å². The van der Waals surface area contributed by atoms with Crippen molar-refractivity contribution in [2.45, 2.75) is 0 Å². The van der Waals surface area contributed by atoms with Crippen molar-refractivity contribution in [1.82, 2.24) is 15.2 Å². The zero-order valence-electron chi connectivity index (χ0n) is 13.7. The van der Waals surface area contributed by atoms with Crippen molar-refractivity contribution in [3.63, 3.8) is 0 Å². The first-order valence-corrected chi connectivity index (χ1v) is 7.99. The molecular weight excluding hydrogens is 328 g/mol. The van der Waals surface area contributed by atoms with Gasteiger partial charge in [0.25, 0.3) is 0 Å². The van der Waals surface area contributed by atoms with E-state index >= 15 is 0 Å². The van der Waals surface area contributed by atoms with E-state index in [9.17, 15) is 4.79 Å². The van der Waals surface area contributed by atoms with Gasteiger partial charge in [-0.2, -0.15) is 0 Å². The van der Waals surface area contributed by atoms with Gasteiger partial charge in [0.05, 0.1) is 5.52 Å². The third-order valence-corrected chi connectivity index (χ3v) is 3.86. The van der Waals surface area contributed by atoms with E-state index in [1.54, 1.807) is 24.4 Å². The molecule has 0 atom stereocenters. The van der Waals surface area contributed by atoms with Crippen LogP contribution in [0.2, 0.25) is 0 Å². The summed E-state index contributed by atoms with van der Waals surface area (Å²) >= 11 is 0. The molecule has 0 bridgehead atoms. The van der Waals surface area contributed by atoms with Gasteiger partial charge in [0.2, 0.25) is 18.2 Å². The van der Waals surface area contributed by atoms with Crippen molar-refractivity contribution < 1.29 is 9.21 Å². The molecule has 0 fully saturated rings. The molecule has 0 saturated carbocycles. The maximum absolute atomic E-state index is 12.2. The Morgan fingerprint density at radius 3 is 2.69 bits per heavy atom. The molecule has 126 valence electrons.